The van der Waals surface area contributed by atoms with Gasteiger partial charge in [-0.2, -0.15) is 0 Å². The molecule has 0 spiro atoms. The van der Waals surface area contributed by atoms with Crippen LogP contribution < -0.4 is 10.6 Å². The number of hydrogen-bond donors (Lipinski definition) is 3. The highest BCUT2D eigenvalue weighted by Gasteiger charge is 2.02. The van der Waals surface area contributed by atoms with Crippen molar-refractivity contribution < 1.29 is 5.11 Å². The van der Waals surface area contributed by atoms with E-state index in [1.165, 1.54) is 0 Å². The van der Waals surface area contributed by atoms with E-state index in [4.69, 9.17) is 12.2 Å². The molecule has 0 aliphatic heterocycles. The zero-order valence-electron chi connectivity index (χ0n) is 9.23. The van der Waals surface area contributed by atoms with E-state index in [-0.39, 0.29) is 0 Å². The SMILES string of the molecule is C=CCNC(=S)Nc1cccc([C@@H](C)O)c1. The van der Waals surface area contributed by atoms with Crippen LogP contribution in [0.4, 0.5) is 5.69 Å². The molecule has 0 heterocycles. The van der Waals surface area contributed by atoms with E-state index in [0.717, 1.165) is 11.3 Å². The van der Waals surface area contributed by atoms with E-state index in [2.05, 4.69) is 17.2 Å². The lowest BCUT2D eigenvalue weighted by Crippen LogP contribution is -2.28. The number of benzene rings is 1. The molecule has 16 heavy (non-hydrogen) atoms. The van der Waals surface area contributed by atoms with Gasteiger partial charge in [-0.25, -0.2) is 0 Å². The van der Waals surface area contributed by atoms with E-state index in [1.54, 1.807) is 13.0 Å². The monoisotopic (exact) mass is 236 g/mol. The van der Waals surface area contributed by atoms with Gasteiger partial charge in [0.15, 0.2) is 5.11 Å². The second-order valence-electron chi connectivity index (χ2n) is 3.43. The second-order valence-corrected chi connectivity index (χ2v) is 3.83. The molecular formula is C12H16N2OS. The van der Waals surface area contributed by atoms with Crippen molar-refractivity contribution in [2.45, 2.75) is 13.0 Å². The Labute approximate surface area is 101 Å². The number of aliphatic hydroxyl groups excluding tert-OH is 1. The van der Waals surface area contributed by atoms with E-state index in [0.29, 0.717) is 11.7 Å². The Kier molecular flexibility index (Phi) is 4.95. The summed E-state index contributed by atoms with van der Waals surface area (Å²) in [5.41, 5.74) is 1.72. The maximum Gasteiger partial charge on any atom is 0.171 e. The lowest BCUT2D eigenvalue weighted by Gasteiger charge is -2.11. The van der Waals surface area contributed by atoms with Gasteiger partial charge in [-0.1, -0.05) is 18.2 Å². The van der Waals surface area contributed by atoms with Crippen molar-refractivity contribution in [3.63, 3.8) is 0 Å². The molecule has 0 unspecified atom stereocenters. The number of nitrogens with one attached hydrogen (secondary N) is 2. The van der Waals surface area contributed by atoms with E-state index in [9.17, 15) is 5.11 Å². The Balaban J connectivity index is 2.63. The predicted octanol–water partition coefficient (Wildman–Crippen LogP) is 2.21. The van der Waals surface area contributed by atoms with Gasteiger partial charge in [-0.3, -0.25) is 0 Å². The maximum absolute atomic E-state index is 9.43. The third-order valence-electron chi connectivity index (χ3n) is 2.03. The molecule has 0 saturated carbocycles. The molecule has 86 valence electrons. The average Bonchev–Trinajstić information content (AvgIpc) is 2.26. The van der Waals surface area contributed by atoms with Gasteiger partial charge < -0.3 is 15.7 Å². The molecule has 0 amide bonds. The summed E-state index contributed by atoms with van der Waals surface area (Å²) in [6.07, 6.45) is 1.26. The highest BCUT2D eigenvalue weighted by Crippen LogP contribution is 2.16. The number of thiocarbonyl (C=S) groups is 1. The zero-order chi connectivity index (χ0) is 12.0. The summed E-state index contributed by atoms with van der Waals surface area (Å²) in [4.78, 5) is 0. The van der Waals surface area contributed by atoms with Crippen molar-refractivity contribution in [2.75, 3.05) is 11.9 Å². The molecule has 0 bridgehead atoms. The Bertz CT molecular complexity index is 377. The van der Waals surface area contributed by atoms with E-state index in [1.807, 2.05) is 24.3 Å². The molecule has 0 aliphatic carbocycles. The lowest BCUT2D eigenvalue weighted by atomic mass is 10.1. The van der Waals surface area contributed by atoms with Crippen molar-refractivity contribution >= 4 is 23.0 Å². The Morgan fingerprint density at radius 3 is 3.00 bits per heavy atom. The molecular weight excluding hydrogens is 220 g/mol. The fraction of sp³-hybridized carbons (Fsp3) is 0.250. The van der Waals surface area contributed by atoms with Crippen LogP contribution in [0.5, 0.6) is 0 Å². The number of hydrogen-bond acceptors (Lipinski definition) is 2. The van der Waals surface area contributed by atoms with Gasteiger partial charge in [-0.15, -0.1) is 6.58 Å². The first-order chi connectivity index (χ1) is 7.63. The molecule has 0 radical (unpaired) electrons. The first kappa shape index (κ1) is 12.7. The summed E-state index contributed by atoms with van der Waals surface area (Å²) in [5, 5.41) is 16.0. The summed E-state index contributed by atoms with van der Waals surface area (Å²) in [6.45, 7) is 5.95. The minimum absolute atomic E-state index is 0.476. The molecule has 1 aromatic rings. The van der Waals surface area contributed by atoms with Crippen LogP contribution in [0.1, 0.15) is 18.6 Å². The first-order valence-corrected chi connectivity index (χ1v) is 5.48. The zero-order valence-corrected chi connectivity index (χ0v) is 10.1. The Hall–Kier alpha value is -1.39. The van der Waals surface area contributed by atoms with Gasteiger partial charge in [0, 0.05) is 12.2 Å². The summed E-state index contributed by atoms with van der Waals surface area (Å²) in [5.74, 6) is 0. The largest absolute Gasteiger partial charge is 0.389 e. The molecule has 3 nitrogen and oxygen atoms in total. The van der Waals surface area contributed by atoms with Gasteiger partial charge in [0.2, 0.25) is 0 Å². The fourth-order valence-corrected chi connectivity index (χ4v) is 1.42. The van der Waals surface area contributed by atoms with Crippen LogP contribution in [0.3, 0.4) is 0 Å². The van der Waals surface area contributed by atoms with Gasteiger partial charge in [0.1, 0.15) is 0 Å². The summed E-state index contributed by atoms with van der Waals surface area (Å²) < 4.78 is 0. The number of anilines is 1. The Morgan fingerprint density at radius 1 is 1.62 bits per heavy atom. The quantitative estimate of drug-likeness (QED) is 0.554. The molecule has 3 N–H and O–H groups in total. The van der Waals surface area contributed by atoms with E-state index < -0.39 is 6.10 Å². The highest BCUT2D eigenvalue weighted by atomic mass is 32.1. The third kappa shape index (κ3) is 4.00. The number of rotatable bonds is 4. The van der Waals surface area contributed by atoms with Crippen LogP contribution in [-0.2, 0) is 0 Å². The summed E-state index contributed by atoms with van der Waals surface area (Å²) >= 11 is 5.08. The van der Waals surface area contributed by atoms with Crippen molar-refractivity contribution in [2.24, 2.45) is 0 Å². The van der Waals surface area contributed by atoms with Crippen LogP contribution in [-0.4, -0.2) is 16.8 Å². The van der Waals surface area contributed by atoms with Crippen molar-refractivity contribution in [1.29, 1.82) is 0 Å². The van der Waals surface area contributed by atoms with Crippen LogP contribution in [0.2, 0.25) is 0 Å². The molecule has 1 aromatic carbocycles. The van der Waals surface area contributed by atoms with Gasteiger partial charge in [0.05, 0.1) is 6.10 Å². The average molecular weight is 236 g/mol. The van der Waals surface area contributed by atoms with Crippen LogP contribution in [0.15, 0.2) is 36.9 Å². The number of aliphatic hydroxyl groups is 1. The molecule has 0 fully saturated rings. The summed E-state index contributed by atoms with van der Waals surface area (Å²) in [6, 6.07) is 7.51. The fourth-order valence-electron chi connectivity index (χ4n) is 1.22. The minimum Gasteiger partial charge on any atom is -0.389 e. The molecule has 1 rings (SSSR count). The van der Waals surface area contributed by atoms with Gasteiger partial charge >= 0.3 is 0 Å². The topological polar surface area (TPSA) is 44.3 Å². The van der Waals surface area contributed by atoms with Gasteiger partial charge in [-0.05, 0) is 36.8 Å². The van der Waals surface area contributed by atoms with Crippen molar-refractivity contribution in [3.8, 4) is 0 Å². The van der Waals surface area contributed by atoms with Gasteiger partial charge in [0.25, 0.3) is 0 Å². The Morgan fingerprint density at radius 2 is 2.38 bits per heavy atom. The minimum atomic E-state index is -0.476. The summed E-state index contributed by atoms with van der Waals surface area (Å²) in [7, 11) is 0. The van der Waals surface area contributed by atoms with Crippen LogP contribution in [0, 0.1) is 0 Å². The maximum atomic E-state index is 9.43. The normalized spacial score (nSPS) is 11.6. The standard InChI is InChI=1S/C12H16N2OS/c1-3-7-13-12(16)14-11-6-4-5-10(8-11)9(2)15/h3-6,8-9,15H,1,7H2,2H3,(H2,13,14,16)/t9-/m1/s1. The lowest BCUT2D eigenvalue weighted by molar-refractivity contribution is 0.199. The molecule has 0 aromatic heterocycles. The highest BCUT2D eigenvalue weighted by molar-refractivity contribution is 7.80. The first-order valence-electron chi connectivity index (χ1n) is 5.07. The van der Waals surface area contributed by atoms with Crippen molar-refractivity contribution in [1.82, 2.24) is 5.32 Å². The molecule has 0 aliphatic rings. The molecule has 4 heteroatoms. The second kappa shape index (κ2) is 6.25. The van der Waals surface area contributed by atoms with Crippen molar-refractivity contribution in [3.05, 3.63) is 42.5 Å². The predicted molar refractivity (Wildman–Crippen MR) is 71.5 cm³/mol. The third-order valence-corrected chi connectivity index (χ3v) is 2.28. The molecule has 1 atom stereocenters. The van der Waals surface area contributed by atoms with Crippen LogP contribution >= 0.6 is 12.2 Å². The van der Waals surface area contributed by atoms with Crippen LogP contribution in [0.25, 0.3) is 0 Å². The smallest absolute Gasteiger partial charge is 0.171 e. The van der Waals surface area contributed by atoms with E-state index >= 15 is 0 Å². The molecule has 0 saturated heterocycles.